The molecule has 1 unspecified atom stereocenters. The van der Waals surface area contributed by atoms with E-state index in [1.54, 1.807) is 0 Å². The van der Waals surface area contributed by atoms with Gasteiger partial charge in [-0.15, -0.1) is 6.58 Å². The minimum absolute atomic E-state index is 0.214. The number of hydrogen-bond donors (Lipinski definition) is 2. The smallest absolute Gasteiger partial charge is 0.310 e. The molecular weight excluding hydrogens is 292 g/mol. The lowest BCUT2D eigenvalue weighted by atomic mass is 9.76. The molecule has 0 saturated carbocycles. The molecule has 0 aliphatic rings. The zero-order valence-corrected chi connectivity index (χ0v) is 14.7. The number of rotatable bonds is 16. The molecule has 4 heteroatoms. The highest BCUT2D eigenvalue weighted by Gasteiger charge is 2.38. The van der Waals surface area contributed by atoms with Gasteiger partial charge in [0, 0.05) is 0 Å². The maximum absolute atomic E-state index is 11.5. The fraction of sp³-hybridized carbons (Fsp3) is 0.789. The van der Waals surface area contributed by atoms with Crippen LogP contribution in [-0.4, -0.2) is 22.2 Å². The Kier molecular flexibility index (Phi) is 12.4. The largest absolute Gasteiger partial charge is 0.481 e. The van der Waals surface area contributed by atoms with E-state index in [2.05, 4.69) is 13.5 Å². The van der Waals surface area contributed by atoms with Gasteiger partial charge in [-0.2, -0.15) is 0 Å². The third-order valence-corrected chi connectivity index (χ3v) is 4.49. The molecule has 1 atom stereocenters. The second-order valence-electron chi connectivity index (χ2n) is 6.58. The summed E-state index contributed by atoms with van der Waals surface area (Å²) in [7, 11) is 0. The number of carbonyl (C=O) groups is 2. The third kappa shape index (κ3) is 10.1. The lowest BCUT2D eigenvalue weighted by Gasteiger charge is -2.26. The summed E-state index contributed by atoms with van der Waals surface area (Å²) in [5.74, 6) is -2.07. The lowest BCUT2D eigenvalue weighted by molar-refractivity contribution is -0.156. The van der Waals surface area contributed by atoms with Crippen molar-refractivity contribution >= 4 is 11.9 Å². The first-order chi connectivity index (χ1) is 11.0. The van der Waals surface area contributed by atoms with E-state index in [1.807, 2.05) is 0 Å². The Bertz CT molecular complexity index is 351. The molecule has 0 aromatic carbocycles. The third-order valence-electron chi connectivity index (χ3n) is 4.49. The van der Waals surface area contributed by atoms with E-state index < -0.39 is 17.4 Å². The first kappa shape index (κ1) is 21.7. The summed E-state index contributed by atoms with van der Waals surface area (Å²) in [6, 6.07) is 0. The maximum Gasteiger partial charge on any atom is 0.310 e. The molecule has 0 saturated heterocycles. The summed E-state index contributed by atoms with van der Waals surface area (Å²) >= 11 is 0. The molecule has 0 rings (SSSR count). The van der Waals surface area contributed by atoms with Crippen LogP contribution >= 0.6 is 0 Å². The topological polar surface area (TPSA) is 74.6 Å². The van der Waals surface area contributed by atoms with Gasteiger partial charge >= 0.3 is 11.9 Å². The number of carboxylic acids is 2. The molecule has 0 aliphatic carbocycles. The summed E-state index contributed by atoms with van der Waals surface area (Å²) in [5.41, 5.74) is -1.19. The molecule has 0 bridgehead atoms. The van der Waals surface area contributed by atoms with Crippen LogP contribution in [0.15, 0.2) is 12.7 Å². The molecule has 0 fully saturated rings. The van der Waals surface area contributed by atoms with Crippen LogP contribution in [0.4, 0.5) is 0 Å². The fourth-order valence-electron chi connectivity index (χ4n) is 3.05. The zero-order chi connectivity index (χ0) is 17.6. The van der Waals surface area contributed by atoms with Gasteiger partial charge in [-0.25, -0.2) is 0 Å². The highest BCUT2D eigenvalue weighted by Crippen LogP contribution is 2.34. The highest BCUT2D eigenvalue weighted by atomic mass is 16.4. The Labute approximate surface area is 141 Å². The summed E-state index contributed by atoms with van der Waals surface area (Å²) in [6.45, 7) is 5.79. The molecule has 0 heterocycles. The van der Waals surface area contributed by atoms with E-state index in [0.717, 1.165) is 19.3 Å². The van der Waals surface area contributed by atoms with Crippen molar-refractivity contribution in [2.24, 2.45) is 5.41 Å². The quantitative estimate of drug-likeness (QED) is 0.293. The van der Waals surface area contributed by atoms with Gasteiger partial charge < -0.3 is 10.2 Å². The van der Waals surface area contributed by atoms with Crippen molar-refractivity contribution in [2.45, 2.75) is 90.4 Å². The van der Waals surface area contributed by atoms with E-state index in [0.29, 0.717) is 6.42 Å². The standard InChI is InChI=1S/C19H34O4/c1-3-5-6-7-8-9-10-11-12-13-15-19(14-4-2,18(22)23)16-17(20)21/h4H,2-3,5-16H2,1H3,(H,20,21)(H,22,23). The van der Waals surface area contributed by atoms with E-state index in [9.17, 15) is 14.7 Å². The number of carboxylic acid groups (broad SMARTS) is 2. The van der Waals surface area contributed by atoms with Crippen molar-refractivity contribution in [1.29, 1.82) is 0 Å². The van der Waals surface area contributed by atoms with Crippen molar-refractivity contribution in [2.75, 3.05) is 0 Å². The number of allylic oxidation sites excluding steroid dienone is 1. The Morgan fingerprint density at radius 2 is 1.39 bits per heavy atom. The second-order valence-corrected chi connectivity index (χ2v) is 6.58. The summed E-state index contributed by atoms with van der Waals surface area (Å²) < 4.78 is 0. The Hall–Kier alpha value is -1.32. The minimum atomic E-state index is -1.19. The van der Waals surface area contributed by atoms with Crippen LogP contribution in [0.1, 0.15) is 90.4 Å². The Morgan fingerprint density at radius 1 is 0.913 bits per heavy atom. The van der Waals surface area contributed by atoms with Gasteiger partial charge in [0.1, 0.15) is 0 Å². The van der Waals surface area contributed by atoms with Crippen molar-refractivity contribution < 1.29 is 19.8 Å². The van der Waals surface area contributed by atoms with Crippen LogP contribution in [0.3, 0.4) is 0 Å². The van der Waals surface area contributed by atoms with Crippen LogP contribution in [0.25, 0.3) is 0 Å². The van der Waals surface area contributed by atoms with E-state index in [4.69, 9.17) is 5.11 Å². The number of hydrogen-bond acceptors (Lipinski definition) is 2. The highest BCUT2D eigenvalue weighted by molar-refractivity contribution is 5.81. The first-order valence-electron chi connectivity index (χ1n) is 9.04. The average Bonchev–Trinajstić information content (AvgIpc) is 2.48. The van der Waals surface area contributed by atoms with Crippen LogP contribution in [-0.2, 0) is 9.59 Å². The van der Waals surface area contributed by atoms with Crippen LogP contribution in [0.2, 0.25) is 0 Å². The minimum Gasteiger partial charge on any atom is -0.481 e. The molecule has 23 heavy (non-hydrogen) atoms. The Morgan fingerprint density at radius 3 is 1.78 bits per heavy atom. The number of aliphatic carboxylic acids is 2. The monoisotopic (exact) mass is 326 g/mol. The van der Waals surface area contributed by atoms with Gasteiger partial charge in [-0.3, -0.25) is 9.59 Å². The molecule has 4 nitrogen and oxygen atoms in total. The normalized spacial score (nSPS) is 13.4. The maximum atomic E-state index is 11.5. The summed E-state index contributed by atoms with van der Waals surface area (Å²) in [5, 5.41) is 18.4. The van der Waals surface area contributed by atoms with Gasteiger partial charge in [0.2, 0.25) is 0 Å². The van der Waals surface area contributed by atoms with Crippen LogP contribution in [0, 0.1) is 5.41 Å². The molecule has 2 N–H and O–H groups in total. The van der Waals surface area contributed by atoms with Crippen molar-refractivity contribution in [3.63, 3.8) is 0 Å². The molecular formula is C19H34O4. The molecule has 0 aromatic rings. The predicted octanol–water partition coefficient (Wildman–Crippen LogP) is 5.42. The van der Waals surface area contributed by atoms with E-state index in [-0.39, 0.29) is 12.8 Å². The van der Waals surface area contributed by atoms with Crippen molar-refractivity contribution in [1.82, 2.24) is 0 Å². The lowest BCUT2D eigenvalue weighted by Crippen LogP contribution is -2.33. The van der Waals surface area contributed by atoms with Gasteiger partial charge in [0.05, 0.1) is 11.8 Å². The van der Waals surface area contributed by atoms with Gasteiger partial charge in [0.15, 0.2) is 0 Å². The SMILES string of the molecule is C=CCC(CCCCCCCCCCCC)(CC(=O)O)C(=O)O. The predicted molar refractivity (Wildman–Crippen MR) is 93.6 cm³/mol. The second kappa shape index (κ2) is 13.1. The van der Waals surface area contributed by atoms with Crippen molar-refractivity contribution in [3.05, 3.63) is 12.7 Å². The van der Waals surface area contributed by atoms with E-state index in [1.165, 1.54) is 51.0 Å². The van der Waals surface area contributed by atoms with Gasteiger partial charge in [-0.1, -0.05) is 77.2 Å². The summed E-state index contributed by atoms with van der Waals surface area (Å²) in [6.07, 6.45) is 13.6. The molecule has 0 amide bonds. The molecule has 0 spiro atoms. The molecule has 0 aliphatic heterocycles. The average molecular weight is 326 g/mol. The summed E-state index contributed by atoms with van der Waals surface area (Å²) in [4.78, 5) is 22.5. The fourth-order valence-corrected chi connectivity index (χ4v) is 3.05. The van der Waals surface area contributed by atoms with Gasteiger partial charge in [0.25, 0.3) is 0 Å². The zero-order valence-electron chi connectivity index (χ0n) is 14.7. The van der Waals surface area contributed by atoms with Gasteiger partial charge in [-0.05, 0) is 12.8 Å². The Balaban J connectivity index is 3.97. The molecule has 0 radical (unpaired) electrons. The first-order valence-corrected chi connectivity index (χ1v) is 9.04. The van der Waals surface area contributed by atoms with Crippen LogP contribution in [0.5, 0.6) is 0 Å². The molecule has 0 aromatic heterocycles. The molecule has 134 valence electrons. The van der Waals surface area contributed by atoms with Crippen LogP contribution < -0.4 is 0 Å². The van der Waals surface area contributed by atoms with E-state index >= 15 is 0 Å². The number of unbranched alkanes of at least 4 members (excludes halogenated alkanes) is 9. The van der Waals surface area contributed by atoms with Crippen molar-refractivity contribution in [3.8, 4) is 0 Å².